The average Bonchev–Trinajstić information content (AvgIpc) is 2.97. The monoisotopic (exact) mass is 474 g/mol. The summed E-state index contributed by atoms with van der Waals surface area (Å²) >= 11 is 6.00. The zero-order valence-electron chi connectivity index (χ0n) is 18.4. The molecule has 0 aliphatic carbocycles. The maximum Gasteiger partial charge on any atom is 0.260 e. The Labute approximate surface area is 202 Å². The number of carbonyl (C=O) groups excluding carboxylic acids is 3. The third kappa shape index (κ3) is 4.41. The van der Waals surface area contributed by atoms with Gasteiger partial charge in [0.25, 0.3) is 11.8 Å². The van der Waals surface area contributed by atoms with E-state index in [0.29, 0.717) is 35.0 Å². The van der Waals surface area contributed by atoms with E-state index in [1.54, 1.807) is 21.9 Å². The van der Waals surface area contributed by atoms with E-state index in [-0.39, 0.29) is 37.2 Å². The van der Waals surface area contributed by atoms with Crippen molar-refractivity contribution in [2.24, 2.45) is 0 Å². The molecule has 7 heteroatoms. The van der Waals surface area contributed by atoms with Crippen LogP contribution in [-0.2, 0) is 16.0 Å². The van der Waals surface area contributed by atoms with Crippen LogP contribution in [0.5, 0.6) is 5.75 Å². The molecule has 2 amide bonds. The Hall–Kier alpha value is -3.64. The van der Waals surface area contributed by atoms with Crippen LogP contribution in [0.15, 0.2) is 72.8 Å². The van der Waals surface area contributed by atoms with E-state index >= 15 is 0 Å². The molecule has 0 saturated carbocycles. The maximum atomic E-state index is 13.5. The Morgan fingerprint density at radius 2 is 1.68 bits per heavy atom. The predicted molar refractivity (Wildman–Crippen MR) is 129 cm³/mol. The molecule has 0 radical (unpaired) electrons. The fraction of sp³-hybridized carbons (Fsp3) is 0.222. The summed E-state index contributed by atoms with van der Waals surface area (Å²) in [5.74, 6) is 0.180. The molecule has 0 unspecified atom stereocenters. The number of amides is 2. The average molecular weight is 475 g/mol. The Bertz CT molecular complexity index is 1240. The number of rotatable bonds is 4. The number of piperazine rings is 1. The van der Waals surface area contributed by atoms with Gasteiger partial charge >= 0.3 is 0 Å². The summed E-state index contributed by atoms with van der Waals surface area (Å²) < 4.78 is 5.58. The highest BCUT2D eigenvalue weighted by molar-refractivity contribution is 6.30. The summed E-state index contributed by atoms with van der Waals surface area (Å²) in [6, 6.07) is 21.5. The van der Waals surface area contributed by atoms with Gasteiger partial charge < -0.3 is 14.5 Å². The summed E-state index contributed by atoms with van der Waals surface area (Å²) in [4.78, 5) is 42.6. The Balaban J connectivity index is 1.33. The van der Waals surface area contributed by atoms with Gasteiger partial charge in [0.1, 0.15) is 11.8 Å². The third-order valence-corrected chi connectivity index (χ3v) is 6.61. The van der Waals surface area contributed by atoms with Crippen molar-refractivity contribution in [3.05, 3.63) is 88.9 Å². The minimum absolute atomic E-state index is 0.0622. The fourth-order valence-corrected chi connectivity index (χ4v) is 4.62. The SMILES string of the molecule is O=C1Cc2ccc(-c3ccc(Cl)cc3)cc2C(=O)N2CCN(C(=O)COc3ccccc3)C[C@H]12. The van der Waals surface area contributed by atoms with Crippen LogP contribution in [0.1, 0.15) is 15.9 Å². The van der Waals surface area contributed by atoms with E-state index in [9.17, 15) is 14.4 Å². The predicted octanol–water partition coefficient (Wildman–Crippen LogP) is 3.86. The topological polar surface area (TPSA) is 66.9 Å². The number of carbonyl (C=O) groups is 3. The summed E-state index contributed by atoms with van der Waals surface area (Å²) in [6.45, 7) is 0.735. The Morgan fingerprint density at radius 1 is 0.941 bits per heavy atom. The van der Waals surface area contributed by atoms with E-state index in [0.717, 1.165) is 11.1 Å². The van der Waals surface area contributed by atoms with Crippen LogP contribution < -0.4 is 4.74 Å². The van der Waals surface area contributed by atoms with Crippen molar-refractivity contribution in [2.45, 2.75) is 12.5 Å². The van der Waals surface area contributed by atoms with E-state index in [2.05, 4.69) is 0 Å². The van der Waals surface area contributed by atoms with Crippen molar-refractivity contribution >= 4 is 29.2 Å². The summed E-state index contributed by atoms with van der Waals surface area (Å²) in [6.07, 6.45) is 0.158. The second-order valence-electron chi connectivity index (χ2n) is 8.48. The minimum atomic E-state index is -0.659. The quantitative estimate of drug-likeness (QED) is 0.576. The number of Topliss-reactive ketones (excluding diaryl/α,β-unsaturated/α-hetero) is 1. The molecule has 0 aromatic heterocycles. The van der Waals surface area contributed by atoms with Crippen LogP contribution >= 0.6 is 11.6 Å². The first-order valence-electron chi connectivity index (χ1n) is 11.2. The highest BCUT2D eigenvalue weighted by Gasteiger charge is 2.40. The van der Waals surface area contributed by atoms with Gasteiger partial charge in [-0.15, -0.1) is 0 Å². The minimum Gasteiger partial charge on any atom is -0.484 e. The van der Waals surface area contributed by atoms with E-state index < -0.39 is 6.04 Å². The van der Waals surface area contributed by atoms with Crippen LogP contribution in [0, 0.1) is 0 Å². The van der Waals surface area contributed by atoms with Gasteiger partial charge in [-0.05, 0) is 47.0 Å². The number of benzene rings is 3. The lowest BCUT2D eigenvalue weighted by Gasteiger charge is -2.39. The zero-order chi connectivity index (χ0) is 23.7. The fourth-order valence-electron chi connectivity index (χ4n) is 4.49. The first-order valence-corrected chi connectivity index (χ1v) is 11.6. The molecule has 0 N–H and O–H groups in total. The van der Waals surface area contributed by atoms with Crippen molar-refractivity contribution in [2.75, 3.05) is 26.2 Å². The standard InChI is InChI=1S/C27H23ClN2O4/c28-21-10-8-18(9-11-21)19-6-7-20-15-25(31)24-16-29(12-13-30(24)27(33)23(20)14-19)26(32)17-34-22-4-2-1-3-5-22/h1-11,14,24H,12-13,15-17H2/t24-/m1/s1. The summed E-state index contributed by atoms with van der Waals surface area (Å²) in [5.41, 5.74) is 3.09. The van der Waals surface area contributed by atoms with Gasteiger partial charge in [-0.2, -0.15) is 0 Å². The molecule has 3 aromatic rings. The molecule has 0 bridgehead atoms. The molecule has 5 rings (SSSR count). The molecule has 2 heterocycles. The lowest BCUT2D eigenvalue weighted by Crippen LogP contribution is -2.59. The number of hydrogen-bond acceptors (Lipinski definition) is 4. The first-order chi connectivity index (χ1) is 16.5. The molecule has 1 fully saturated rings. The van der Waals surface area contributed by atoms with Gasteiger partial charge in [0.05, 0.1) is 0 Å². The molecule has 172 valence electrons. The van der Waals surface area contributed by atoms with E-state index in [4.69, 9.17) is 16.3 Å². The first kappa shape index (κ1) is 22.2. The van der Waals surface area contributed by atoms with E-state index in [1.165, 1.54) is 0 Å². The number of ketones is 1. The summed E-state index contributed by atoms with van der Waals surface area (Å²) in [5, 5.41) is 0.643. The van der Waals surface area contributed by atoms with Gasteiger partial charge in [-0.1, -0.05) is 54.1 Å². The smallest absolute Gasteiger partial charge is 0.260 e. The van der Waals surface area contributed by atoms with Gasteiger partial charge in [0.2, 0.25) is 0 Å². The molecular weight excluding hydrogens is 452 g/mol. The number of nitrogens with zero attached hydrogens (tertiary/aromatic N) is 2. The normalized spacial score (nSPS) is 17.6. The molecule has 3 aromatic carbocycles. The van der Waals surface area contributed by atoms with Gasteiger partial charge in [0.15, 0.2) is 12.4 Å². The van der Waals surface area contributed by atoms with Crippen molar-refractivity contribution in [3.8, 4) is 16.9 Å². The largest absolute Gasteiger partial charge is 0.484 e. The molecule has 34 heavy (non-hydrogen) atoms. The Morgan fingerprint density at radius 3 is 2.44 bits per heavy atom. The molecule has 1 saturated heterocycles. The molecule has 1 atom stereocenters. The molecule has 0 spiro atoms. The highest BCUT2D eigenvalue weighted by atomic mass is 35.5. The molecule has 2 aliphatic rings. The van der Waals surface area contributed by atoms with Crippen LogP contribution in [-0.4, -0.2) is 59.7 Å². The molecule has 6 nitrogen and oxygen atoms in total. The van der Waals surface area contributed by atoms with Crippen molar-refractivity contribution < 1.29 is 19.1 Å². The Kier molecular flexibility index (Phi) is 6.07. The van der Waals surface area contributed by atoms with Crippen molar-refractivity contribution in [3.63, 3.8) is 0 Å². The highest BCUT2D eigenvalue weighted by Crippen LogP contribution is 2.29. The number of hydrogen-bond donors (Lipinski definition) is 0. The number of ether oxygens (including phenoxy) is 1. The number of fused-ring (bicyclic) bond motifs is 2. The van der Waals surface area contributed by atoms with Gasteiger partial charge in [-0.3, -0.25) is 14.4 Å². The number of para-hydroxylation sites is 1. The van der Waals surface area contributed by atoms with Gasteiger partial charge in [0, 0.05) is 36.6 Å². The molecular formula is C27H23ClN2O4. The summed E-state index contributed by atoms with van der Waals surface area (Å²) in [7, 11) is 0. The van der Waals surface area contributed by atoms with Crippen LogP contribution in [0.25, 0.3) is 11.1 Å². The lowest BCUT2D eigenvalue weighted by atomic mass is 9.96. The van der Waals surface area contributed by atoms with E-state index in [1.807, 2.05) is 60.7 Å². The van der Waals surface area contributed by atoms with Gasteiger partial charge in [-0.25, -0.2) is 0 Å². The van der Waals surface area contributed by atoms with Crippen LogP contribution in [0.3, 0.4) is 0 Å². The number of halogens is 1. The second-order valence-corrected chi connectivity index (χ2v) is 8.91. The maximum absolute atomic E-state index is 13.5. The third-order valence-electron chi connectivity index (χ3n) is 6.35. The lowest BCUT2D eigenvalue weighted by molar-refractivity contribution is -0.138. The van der Waals surface area contributed by atoms with Crippen molar-refractivity contribution in [1.29, 1.82) is 0 Å². The van der Waals surface area contributed by atoms with Crippen LogP contribution in [0.2, 0.25) is 5.02 Å². The van der Waals surface area contributed by atoms with Crippen LogP contribution in [0.4, 0.5) is 0 Å². The molecule has 2 aliphatic heterocycles. The zero-order valence-corrected chi connectivity index (χ0v) is 19.2. The van der Waals surface area contributed by atoms with Crippen molar-refractivity contribution in [1.82, 2.24) is 9.80 Å². The second kappa shape index (κ2) is 9.31.